The van der Waals surface area contributed by atoms with Crippen molar-refractivity contribution in [2.45, 2.75) is 26.2 Å². The second kappa shape index (κ2) is 5.31. The summed E-state index contributed by atoms with van der Waals surface area (Å²) in [5.41, 5.74) is 6.02. The Morgan fingerprint density at radius 2 is 2.29 bits per heavy atom. The minimum atomic E-state index is 0.294. The molecule has 0 saturated heterocycles. The topological polar surface area (TPSA) is 73.1 Å². The molecule has 5 nitrogen and oxygen atoms in total. The monoisotopic (exact) mass is 236 g/mol. The van der Waals surface area contributed by atoms with Crippen LogP contribution in [0.2, 0.25) is 0 Å². The molecule has 1 aromatic heterocycles. The molecule has 17 heavy (non-hydrogen) atoms. The van der Waals surface area contributed by atoms with Crippen LogP contribution in [0.4, 0.5) is 5.82 Å². The third-order valence-electron chi connectivity index (χ3n) is 3.10. The lowest BCUT2D eigenvalue weighted by Crippen LogP contribution is -2.24. The zero-order chi connectivity index (χ0) is 12.1. The van der Waals surface area contributed by atoms with E-state index in [0.717, 1.165) is 25.3 Å². The molecule has 0 aromatic carbocycles. The van der Waals surface area contributed by atoms with E-state index in [9.17, 15) is 0 Å². The van der Waals surface area contributed by atoms with Crippen molar-refractivity contribution in [3.05, 3.63) is 12.4 Å². The van der Waals surface area contributed by atoms with Gasteiger partial charge < -0.3 is 15.8 Å². The highest BCUT2D eigenvalue weighted by Crippen LogP contribution is 2.44. The van der Waals surface area contributed by atoms with Crippen LogP contribution < -0.4 is 15.8 Å². The number of hydrogen-bond donors (Lipinski definition) is 2. The van der Waals surface area contributed by atoms with Crippen LogP contribution in [0.15, 0.2) is 12.4 Å². The van der Waals surface area contributed by atoms with Crippen LogP contribution in [0.3, 0.4) is 0 Å². The van der Waals surface area contributed by atoms with E-state index >= 15 is 0 Å². The van der Waals surface area contributed by atoms with E-state index in [0.29, 0.717) is 17.9 Å². The highest BCUT2D eigenvalue weighted by Gasteiger charge is 2.40. The van der Waals surface area contributed by atoms with Crippen molar-refractivity contribution < 1.29 is 4.74 Å². The molecule has 1 saturated carbocycles. The molecule has 94 valence electrons. The van der Waals surface area contributed by atoms with Gasteiger partial charge in [0, 0.05) is 6.54 Å². The summed E-state index contributed by atoms with van der Waals surface area (Å²) in [5.74, 6) is 1.34. The maximum absolute atomic E-state index is 5.73. The Bertz CT molecular complexity index is 365. The average Bonchev–Trinajstić information content (AvgIpc) is 3.15. The molecule has 1 fully saturated rings. The molecule has 5 heteroatoms. The normalized spacial score (nSPS) is 16.6. The number of aromatic nitrogens is 2. The van der Waals surface area contributed by atoms with Crippen LogP contribution in [0.5, 0.6) is 5.88 Å². The first kappa shape index (κ1) is 12.1. The van der Waals surface area contributed by atoms with E-state index in [2.05, 4.69) is 22.2 Å². The first-order valence-corrected chi connectivity index (χ1v) is 6.17. The molecular formula is C12H20N4O. The van der Waals surface area contributed by atoms with Crippen LogP contribution >= 0.6 is 0 Å². The number of nitrogens with two attached hydrogens (primary N) is 1. The van der Waals surface area contributed by atoms with Gasteiger partial charge in [0.15, 0.2) is 0 Å². The number of hydrogen-bond acceptors (Lipinski definition) is 5. The largest absolute Gasteiger partial charge is 0.477 e. The predicted molar refractivity (Wildman–Crippen MR) is 67.0 cm³/mol. The van der Waals surface area contributed by atoms with Gasteiger partial charge in [0.05, 0.1) is 19.0 Å². The highest BCUT2D eigenvalue weighted by atomic mass is 16.5. The Morgan fingerprint density at radius 1 is 1.47 bits per heavy atom. The lowest BCUT2D eigenvalue weighted by atomic mass is 10.1. The Hall–Kier alpha value is -1.36. The minimum absolute atomic E-state index is 0.294. The van der Waals surface area contributed by atoms with E-state index in [1.54, 1.807) is 12.4 Å². The summed E-state index contributed by atoms with van der Waals surface area (Å²) < 4.78 is 5.43. The maximum Gasteiger partial charge on any atom is 0.234 e. The van der Waals surface area contributed by atoms with Gasteiger partial charge in [-0.1, -0.05) is 6.92 Å². The Morgan fingerprint density at radius 3 is 2.94 bits per heavy atom. The fourth-order valence-electron chi connectivity index (χ4n) is 1.62. The molecule has 0 unspecified atom stereocenters. The first-order chi connectivity index (χ1) is 8.28. The standard InChI is InChI=1S/C12H20N4O/c1-2-5-17-11-7-14-6-10(16-11)15-9-12(8-13)3-4-12/h6-7H,2-5,8-9,13H2,1H3,(H,15,16). The molecule has 1 aliphatic carbocycles. The molecule has 1 aromatic rings. The number of anilines is 1. The summed E-state index contributed by atoms with van der Waals surface area (Å²) in [6.45, 7) is 4.34. The SMILES string of the molecule is CCCOc1cncc(NCC2(CN)CC2)n1. The van der Waals surface area contributed by atoms with Crippen molar-refractivity contribution in [1.82, 2.24) is 9.97 Å². The van der Waals surface area contributed by atoms with Crippen molar-refractivity contribution in [1.29, 1.82) is 0 Å². The summed E-state index contributed by atoms with van der Waals surface area (Å²) >= 11 is 0. The van der Waals surface area contributed by atoms with Crippen LogP contribution in [-0.4, -0.2) is 29.7 Å². The summed E-state index contributed by atoms with van der Waals surface area (Å²) in [5, 5.41) is 3.28. The van der Waals surface area contributed by atoms with Crippen molar-refractivity contribution >= 4 is 5.82 Å². The highest BCUT2D eigenvalue weighted by molar-refractivity contribution is 5.34. The van der Waals surface area contributed by atoms with Gasteiger partial charge in [-0.25, -0.2) is 0 Å². The van der Waals surface area contributed by atoms with Gasteiger partial charge in [-0.15, -0.1) is 0 Å². The van der Waals surface area contributed by atoms with Crippen molar-refractivity contribution in [3.63, 3.8) is 0 Å². The number of ether oxygens (including phenoxy) is 1. The first-order valence-electron chi connectivity index (χ1n) is 6.17. The number of nitrogens with one attached hydrogen (secondary N) is 1. The third kappa shape index (κ3) is 3.30. The number of rotatable bonds is 7. The van der Waals surface area contributed by atoms with Gasteiger partial charge in [-0.05, 0) is 31.2 Å². The molecule has 0 aliphatic heterocycles. The van der Waals surface area contributed by atoms with Crippen LogP contribution in [0, 0.1) is 5.41 Å². The quantitative estimate of drug-likeness (QED) is 0.749. The second-order valence-corrected chi connectivity index (χ2v) is 4.65. The molecule has 1 heterocycles. The molecule has 0 bridgehead atoms. The van der Waals surface area contributed by atoms with E-state index < -0.39 is 0 Å². The van der Waals surface area contributed by atoms with E-state index in [-0.39, 0.29) is 0 Å². The fourth-order valence-corrected chi connectivity index (χ4v) is 1.62. The Labute approximate surface area is 102 Å². The van der Waals surface area contributed by atoms with E-state index in [1.165, 1.54) is 12.8 Å². The predicted octanol–water partition coefficient (Wildman–Crippen LogP) is 1.42. The third-order valence-corrected chi connectivity index (χ3v) is 3.10. The van der Waals surface area contributed by atoms with E-state index in [4.69, 9.17) is 10.5 Å². The average molecular weight is 236 g/mol. The molecule has 0 amide bonds. The van der Waals surface area contributed by atoms with Gasteiger partial charge >= 0.3 is 0 Å². The van der Waals surface area contributed by atoms with Crippen molar-refractivity contribution in [2.75, 3.05) is 25.0 Å². The second-order valence-electron chi connectivity index (χ2n) is 4.65. The fraction of sp³-hybridized carbons (Fsp3) is 0.667. The van der Waals surface area contributed by atoms with Crippen LogP contribution in [0.1, 0.15) is 26.2 Å². The lowest BCUT2D eigenvalue weighted by molar-refractivity contribution is 0.304. The molecule has 0 radical (unpaired) electrons. The molecule has 2 rings (SSSR count). The van der Waals surface area contributed by atoms with E-state index in [1.807, 2.05) is 0 Å². The van der Waals surface area contributed by atoms with Crippen LogP contribution in [-0.2, 0) is 0 Å². The van der Waals surface area contributed by atoms with Gasteiger partial charge in [0.25, 0.3) is 0 Å². The van der Waals surface area contributed by atoms with Gasteiger partial charge in [0.2, 0.25) is 5.88 Å². The Balaban J connectivity index is 1.87. The van der Waals surface area contributed by atoms with Crippen molar-refractivity contribution in [2.24, 2.45) is 11.1 Å². The Kier molecular flexibility index (Phi) is 3.78. The molecular weight excluding hydrogens is 216 g/mol. The van der Waals surface area contributed by atoms with Crippen molar-refractivity contribution in [3.8, 4) is 5.88 Å². The molecule has 1 aliphatic rings. The van der Waals surface area contributed by atoms with Gasteiger partial charge in [-0.3, -0.25) is 4.98 Å². The summed E-state index contributed by atoms with van der Waals surface area (Å²) in [7, 11) is 0. The maximum atomic E-state index is 5.73. The summed E-state index contributed by atoms with van der Waals surface area (Å²) in [6, 6.07) is 0. The summed E-state index contributed by atoms with van der Waals surface area (Å²) in [6.07, 6.45) is 6.73. The van der Waals surface area contributed by atoms with Gasteiger partial charge in [0.1, 0.15) is 5.82 Å². The lowest BCUT2D eigenvalue weighted by Gasteiger charge is -2.13. The summed E-state index contributed by atoms with van der Waals surface area (Å²) in [4.78, 5) is 8.44. The zero-order valence-electron chi connectivity index (χ0n) is 10.3. The molecule has 0 atom stereocenters. The minimum Gasteiger partial charge on any atom is -0.477 e. The molecule has 3 N–H and O–H groups in total. The van der Waals surface area contributed by atoms with Crippen LogP contribution in [0.25, 0.3) is 0 Å². The smallest absolute Gasteiger partial charge is 0.234 e. The van der Waals surface area contributed by atoms with Gasteiger partial charge in [-0.2, -0.15) is 4.98 Å². The molecule has 0 spiro atoms. The zero-order valence-corrected chi connectivity index (χ0v) is 10.3. The number of nitrogens with zero attached hydrogens (tertiary/aromatic N) is 2.